The zero-order valence-corrected chi connectivity index (χ0v) is 28.2. The minimum absolute atomic E-state index is 0.173. The molecule has 3 aromatic carbocycles. The Kier molecular flexibility index (Phi) is 10.3. The van der Waals surface area contributed by atoms with Crippen molar-refractivity contribution in [3.63, 3.8) is 0 Å². The Hall–Kier alpha value is -3.70. The molecule has 0 aliphatic heterocycles. The van der Waals surface area contributed by atoms with E-state index in [-0.39, 0.29) is 11.5 Å². The van der Waals surface area contributed by atoms with Crippen LogP contribution in [0.15, 0.2) is 61.3 Å². The molecule has 0 aliphatic rings. The molecule has 9 nitrogen and oxygen atoms in total. The molecule has 226 valence electrons. The van der Waals surface area contributed by atoms with Crippen LogP contribution in [0.3, 0.4) is 0 Å². The first-order valence-electron chi connectivity index (χ1n) is 13.7. The van der Waals surface area contributed by atoms with Gasteiger partial charge in [0, 0.05) is 15.6 Å². The summed E-state index contributed by atoms with van der Waals surface area (Å²) in [6.45, 7) is 9.89. The number of fused-ring (bicyclic) bond motifs is 1. The molecule has 0 radical (unpaired) electrons. The van der Waals surface area contributed by atoms with Crippen LogP contribution in [0.25, 0.3) is 22.3 Å². The predicted molar refractivity (Wildman–Crippen MR) is 175 cm³/mol. The molecule has 0 spiro atoms. The van der Waals surface area contributed by atoms with Crippen LogP contribution in [-0.4, -0.2) is 48.8 Å². The molecule has 0 saturated carbocycles. The minimum Gasteiger partial charge on any atom is -0.496 e. The number of halogens is 2. The predicted octanol–water partition coefficient (Wildman–Crippen LogP) is 7.25. The number of ether oxygens (including phenoxy) is 4. The van der Waals surface area contributed by atoms with E-state index in [1.54, 1.807) is 38.4 Å². The quantitative estimate of drug-likeness (QED) is 0.126. The van der Waals surface area contributed by atoms with Crippen molar-refractivity contribution in [3.05, 3.63) is 78.5 Å². The SMILES string of the molecule is CCOc1cc(C=Nn2c(-c3cc(C(C)C)c(OC)cc3C)nc3ccccc3c2=O)c(Br)c(Br)c1O[C@H](C)C(=O)OC. The van der Waals surface area contributed by atoms with Gasteiger partial charge in [0.15, 0.2) is 23.4 Å². The lowest BCUT2D eigenvalue weighted by Gasteiger charge is -2.19. The third-order valence-corrected chi connectivity index (χ3v) is 8.93. The fourth-order valence-electron chi connectivity index (χ4n) is 4.55. The van der Waals surface area contributed by atoms with Crippen LogP contribution in [-0.2, 0) is 9.53 Å². The van der Waals surface area contributed by atoms with Crippen LogP contribution in [0.1, 0.15) is 50.3 Å². The third kappa shape index (κ3) is 6.62. The zero-order valence-electron chi connectivity index (χ0n) is 25.0. The van der Waals surface area contributed by atoms with Crippen molar-refractivity contribution in [2.24, 2.45) is 5.10 Å². The highest BCUT2D eigenvalue weighted by molar-refractivity contribution is 9.13. The summed E-state index contributed by atoms with van der Waals surface area (Å²) in [5, 5.41) is 5.10. The molecule has 0 N–H and O–H groups in total. The Labute approximate surface area is 267 Å². The summed E-state index contributed by atoms with van der Waals surface area (Å²) in [5.74, 6) is 1.52. The van der Waals surface area contributed by atoms with Crippen molar-refractivity contribution in [2.75, 3.05) is 20.8 Å². The first-order chi connectivity index (χ1) is 20.5. The maximum Gasteiger partial charge on any atom is 0.346 e. The average Bonchev–Trinajstić information content (AvgIpc) is 2.99. The van der Waals surface area contributed by atoms with Crippen molar-refractivity contribution < 1.29 is 23.7 Å². The Morgan fingerprint density at radius 2 is 1.79 bits per heavy atom. The average molecular weight is 715 g/mol. The van der Waals surface area contributed by atoms with Gasteiger partial charge in [0.25, 0.3) is 5.56 Å². The second-order valence-corrected chi connectivity index (χ2v) is 11.6. The van der Waals surface area contributed by atoms with Gasteiger partial charge in [-0.1, -0.05) is 26.0 Å². The standard InChI is InChI=1S/C32H33Br2N3O6/c1-8-42-26-14-20(27(33)28(34)29(26)43-19(5)32(39)41-7)16-35-37-30(36-24-12-10-9-11-21(24)31(37)38)23-15-22(17(2)3)25(40-6)13-18(23)4/h9-17,19H,8H2,1-7H3/t19-/m1/s1. The minimum atomic E-state index is -0.875. The van der Waals surface area contributed by atoms with E-state index < -0.39 is 12.1 Å². The molecular weight excluding hydrogens is 682 g/mol. The lowest BCUT2D eigenvalue weighted by Crippen LogP contribution is -2.25. The van der Waals surface area contributed by atoms with E-state index in [1.807, 2.05) is 38.1 Å². The maximum atomic E-state index is 13.9. The van der Waals surface area contributed by atoms with Gasteiger partial charge in [-0.05, 0) is 100 Å². The van der Waals surface area contributed by atoms with Crippen molar-refractivity contribution in [2.45, 2.75) is 46.6 Å². The molecule has 4 rings (SSSR count). The summed E-state index contributed by atoms with van der Waals surface area (Å²) in [5.41, 5.74) is 3.49. The van der Waals surface area contributed by atoms with Gasteiger partial charge in [0.05, 0.1) is 42.4 Å². The van der Waals surface area contributed by atoms with E-state index in [2.05, 4.69) is 50.8 Å². The largest absolute Gasteiger partial charge is 0.496 e. The van der Waals surface area contributed by atoms with Gasteiger partial charge >= 0.3 is 5.97 Å². The number of aromatic nitrogens is 2. The molecule has 4 aromatic rings. The molecule has 43 heavy (non-hydrogen) atoms. The number of carbonyl (C=O) groups excluding carboxylic acids is 1. The van der Waals surface area contributed by atoms with Gasteiger partial charge in [-0.2, -0.15) is 9.78 Å². The van der Waals surface area contributed by atoms with Crippen molar-refractivity contribution in [3.8, 4) is 28.6 Å². The monoisotopic (exact) mass is 713 g/mol. The summed E-state index contributed by atoms with van der Waals surface area (Å²) >= 11 is 7.16. The number of hydrogen-bond acceptors (Lipinski definition) is 8. The number of aryl methyl sites for hydroxylation is 1. The Balaban J connectivity index is 1.92. The molecule has 0 saturated heterocycles. The Morgan fingerprint density at radius 3 is 2.44 bits per heavy atom. The van der Waals surface area contributed by atoms with E-state index in [0.717, 1.165) is 22.4 Å². The molecule has 0 bridgehead atoms. The number of rotatable bonds is 10. The van der Waals surface area contributed by atoms with Gasteiger partial charge in [-0.25, -0.2) is 9.78 Å². The first-order valence-corrected chi connectivity index (χ1v) is 15.2. The molecule has 1 atom stereocenters. The van der Waals surface area contributed by atoms with Gasteiger partial charge in [-0.3, -0.25) is 4.79 Å². The number of para-hydroxylation sites is 1. The molecule has 11 heteroatoms. The molecule has 0 aliphatic carbocycles. The van der Waals surface area contributed by atoms with Gasteiger partial charge < -0.3 is 18.9 Å². The smallest absolute Gasteiger partial charge is 0.346 e. The third-order valence-electron chi connectivity index (χ3n) is 6.79. The molecule has 1 aromatic heterocycles. The lowest BCUT2D eigenvalue weighted by atomic mass is 9.96. The summed E-state index contributed by atoms with van der Waals surface area (Å²) < 4.78 is 24.6. The topological polar surface area (TPSA) is 101 Å². The van der Waals surface area contributed by atoms with Crippen molar-refractivity contribution in [1.82, 2.24) is 9.66 Å². The molecule has 0 unspecified atom stereocenters. The second-order valence-electron chi connectivity index (χ2n) is 10.0. The summed E-state index contributed by atoms with van der Waals surface area (Å²) in [6.07, 6.45) is 0.675. The number of methoxy groups -OCH3 is 2. The van der Waals surface area contributed by atoms with Crippen LogP contribution in [0, 0.1) is 6.92 Å². The lowest BCUT2D eigenvalue weighted by molar-refractivity contribution is -0.148. The number of carbonyl (C=O) groups is 1. The van der Waals surface area contributed by atoms with Crippen LogP contribution < -0.4 is 19.8 Å². The highest BCUT2D eigenvalue weighted by atomic mass is 79.9. The van der Waals surface area contributed by atoms with Crippen molar-refractivity contribution >= 4 is 54.9 Å². The summed E-state index contributed by atoms with van der Waals surface area (Å²) in [6, 6.07) is 12.9. The molecule has 1 heterocycles. The van der Waals surface area contributed by atoms with E-state index in [4.69, 9.17) is 23.9 Å². The molecule has 0 amide bonds. The zero-order chi connectivity index (χ0) is 31.4. The molecular formula is C32H33Br2N3O6. The maximum absolute atomic E-state index is 13.9. The molecule has 0 fully saturated rings. The normalized spacial score (nSPS) is 12.1. The van der Waals surface area contributed by atoms with Crippen LogP contribution in [0.5, 0.6) is 17.2 Å². The van der Waals surface area contributed by atoms with Crippen LogP contribution in [0.4, 0.5) is 0 Å². The van der Waals surface area contributed by atoms with E-state index in [0.29, 0.717) is 49.3 Å². The number of esters is 1. The fraction of sp³-hybridized carbons (Fsp3) is 0.312. The van der Waals surface area contributed by atoms with Crippen LogP contribution in [0.2, 0.25) is 0 Å². The fourth-order valence-corrected chi connectivity index (χ4v) is 5.47. The summed E-state index contributed by atoms with van der Waals surface area (Å²) in [7, 11) is 2.94. The van der Waals surface area contributed by atoms with Crippen molar-refractivity contribution in [1.29, 1.82) is 0 Å². The van der Waals surface area contributed by atoms with Gasteiger partial charge in [0.1, 0.15) is 5.75 Å². The van der Waals surface area contributed by atoms with Gasteiger partial charge in [0.2, 0.25) is 0 Å². The number of benzene rings is 3. The second kappa shape index (κ2) is 13.7. The Morgan fingerprint density at radius 1 is 1.07 bits per heavy atom. The first kappa shape index (κ1) is 32.2. The highest BCUT2D eigenvalue weighted by Crippen LogP contribution is 2.43. The summed E-state index contributed by atoms with van der Waals surface area (Å²) in [4.78, 5) is 30.8. The van der Waals surface area contributed by atoms with Crippen LogP contribution >= 0.6 is 31.9 Å². The Bertz CT molecular complexity index is 1770. The van der Waals surface area contributed by atoms with E-state index in [9.17, 15) is 9.59 Å². The highest BCUT2D eigenvalue weighted by Gasteiger charge is 2.23. The van der Waals surface area contributed by atoms with E-state index >= 15 is 0 Å². The van der Waals surface area contributed by atoms with Gasteiger partial charge in [-0.15, -0.1) is 0 Å². The number of nitrogens with zero attached hydrogens (tertiary/aromatic N) is 3. The number of hydrogen-bond donors (Lipinski definition) is 0. The van der Waals surface area contributed by atoms with E-state index in [1.165, 1.54) is 11.8 Å².